The molecule has 2 nitrogen and oxygen atoms in total. The Labute approximate surface area is 116 Å². The summed E-state index contributed by atoms with van der Waals surface area (Å²) < 4.78 is 0. The van der Waals surface area contributed by atoms with Crippen molar-refractivity contribution in [1.29, 1.82) is 10.5 Å². The zero-order valence-electron chi connectivity index (χ0n) is 12.3. The van der Waals surface area contributed by atoms with Gasteiger partial charge in [-0.25, -0.2) is 0 Å². The van der Waals surface area contributed by atoms with E-state index < -0.39 is 0 Å². The fourth-order valence-corrected chi connectivity index (χ4v) is 2.29. The monoisotopic (exact) mass is 254 g/mol. The van der Waals surface area contributed by atoms with E-state index in [0.717, 1.165) is 35.1 Å². The van der Waals surface area contributed by atoms with E-state index >= 15 is 0 Å². The van der Waals surface area contributed by atoms with Crippen molar-refractivity contribution in [3.05, 3.63) is 34.4 Å². The lowest BCUT2D eigenvalue weighted by Gasteiger charge is -2.19. The van der Waals surface area contributed by atoms with Gasteiger partial charge >= 0.3 is 0 Å². The zero-order valence-corrected chi connectivity index (χ0v) is 12.3. The van der Waals surface area contributed by atoms with Crippen LogP contribution in [-0.4, -0.2) is 0 Å². The van der Waals surface area contributed by atoms with Crippen molar-refractivity contribution in [1.82, 2.24) is 0 Å². The maximum atomic E-state index is 9.49. The van der Waals surface area contributed by atoms with Crippen LogP contribution in [0.4, 0.5) is 0 Å². The molecule has 0 amide bonds. The van der Waals surface area contributed by atoms with Crippen LogP contribution < -0.4 is 0 Å². The van der Waals surface area contributed by atoms with E-state index in [1.807, 2.05) is 12.1 Å². The Morgan fingerprint density at radius 2 is 1.47 bits per heavy atom. The summed E-state index contributed by atoms with van der Waals surface area (Å²) >= 11 is 0. The number of hydrogen-bond acceptors (Lipinski definition) is 2. The average molecular weight is 254 g/mol. The molecule has 0 aliphatic rings. The second-order valence-corrected chi connectivity index (χ2v) is 5.21. The van der Waals surface area contributed by atoms with Crippen LogP contribution in [0.2, 0.25) is 0 Å². The highest BCUT2D eigenvalue weighted by atomic mass is 14.3. The number of rotatable bonds is 5. The largest absolute Gasteiger partial charge is 0.198 e. The summed E-state index contributed by atoms with van der Waals surface area (Å²) in [6.45, 7) is 8.55. The summed E-state index contributed by atoms with van der Waals surface area (Å²) in [7, 11) is 0. The van der Waals surface area contributed by atoms with Gasteiger partial charge in [-0.2, -0.15) is 10.5 Å². The maximum Gasteiger partial charge on any atom is 0.0997 e. The lowest BCUT2D eigenvalue weighted by molar-refractivity contribution is 0.705. The van der Waals surface area contributed by atoms with Gasteiger partial charge in [-0.15, -0.1) is 0 Å². The van der Waals surface area contributed by atoms with Gasteiger partial charge in [-0.05, 0) is 41.4 Å². The Bertz CT molecular complexity index is 486. The quantitative estimate of drug-likeness (QED) is 0.767. The first-order chi connectivity index (χ1) is 9.08. The molecule has 0 aliphatic heterocycles. The molecule has 1 rings (SSSR count). The summed E-state index contributed by atoms with van der Waals surface area (Å²) in [5.41, 5.74) is 4.07. The lowest BCUT2D eigenvalue weighted by atomic mass is 9.84. The second kappa shape index (κ2) is 6.95. The first kappa shape index (κ1) is 15.3. The van der Waals surface area contributed by atoms with Crippen molar-refractivity contribution in [2.45, 2.75) is 58.8 Å². The molecule has 2 heteroatoms. The first-order valence-electron chi connectivity index (χ1n) is 7.02. The Morgan fingerprint density at radius 3 is 1.79 bits per heavy atom. The number of benzene rings is 1. The van der Waals surface area contributed by atoms with Crippen molar-refractivity contribution in [3.63, 3.8) is 0 Å². The Kier molecular flexibility index (Phi) is 5.58. The van der Waals surface area contributed by atoms with Crippen molar-refractivity contribution < 1.29 is 0 Å². The minimum Gasteiger partial charge on any atom is -0.198 e. The van der Waals surface area contributed by atoms with Crippen LogP contribution in [0, 0.1) is 22.7 Å². The van der Waals surface area contributed by atoms with Crippen molar-refractivity contribution in [2.75, 3.05) is 0 Å². The van der Waals surface area contributed by atoms with Crippen molar-refractivity contribution in [2.24, 2.45) is 0 Å². The fraction of sp³-hybridized carbons (Fsp3) is 0.529. The highest BCUT2D eigenvalue weighted by molar-refractivity contribution is 5.50. The van der Waals surface area contributed by atoms with Crippen LogP contribution in [0.1, 0.15) is 74.6 Å². The normalized spacial score (nSPS) is 13.4. The maximum absolute atomic E-state index is 9.49. The van der Waals surface area contributed by atoms with Gasteiger partial charge in [0.25, 0.3) is 0 Å². The molecule has 1 aromatic carbocycles. The van der Waals surface area contributed by atoms with Crippen LogP contribution in [-0.2, 0) is 6.42 Å². The summed E-state index contributed by atoms with van der Waals surface area (Å²) in [6.07, 6.45) is 2.42. The third-order valence-corrected chi connectivity index (χ3v) is 3.94. The van der Waals surface area contributed by atoms with Gasteiger partial charge in [0.1, 0.15) is 0 Å². The van der Waals surface area contributed by atoms with Crippen LogP contribution in [0.25, 0.3) is 0 Å². The van der Waals surface area contributed by atoms with Gasteiger partial charge in [0.15, 0.2) is 0 Å². The summed E-state index contributed by atoms with van der Waals surface area (Å²) in [5, 5.41) is 18.4. The van der Waals surface area contributed by atoms with Gasteiger partial charge in [-0.1, -0.05) is 39.8 Å². The standard InChI is InChI=1S/C17H22N2/c1-5-12(3)15-9-14(7-8-18)10-16(13(4)6-2)17(15)11-19/h9-10,12-13H,5-7H2,1-4H3. The molecule has 0 radical (unpaired) electrons. The molecule has 2 unspecified atom stereocenters. The predicted molar refractivity (Wildman–Crippen MR) is 77.9 cm³/mol. The minimum atomic E-state index is 0.357. The molecule has 0 spiro atoms. The number of nitrogens with zero attached hydrogens (tertiary/aromatic N) is 2. The zero-order chi connectivity index (χ0) is 14.4. The van der Waals surface area contributed by atoms with E-state index in [1.54, 1.807) is 0 Å². The topological polar surface area (TPSA) is 47.6 Å². The van der Waals surface area contributed by atoms with Crippen molar-refractivity contribution >= 4 is 0 Å². The Hall–Kier alpha value is -1.80. The van der Waals surface area contributed by atoms with E-state index in [1.165, 1.54) is 0 Å². The molecule has 0 aliphatic carbocycles. The summed E-state index contributed by atoms with van der Waals surface area (Å²) in [6, 6.07) is 8.67. The predicted octanol–water partition coefficient (Wildman–Crippen LogP) is 4.65. The van der Waals surface area contributed by atoms with E-state index in [-0.39, 0.29) is 0 Å². The van der Waals surface area contributed by atoms with Crippen LogP contribution in [0.5, 0.6) is 0 Å². The lowest BCUT2D eigenvalue weighted by Crippen LogP contribution is -2.05. The first-order valence-corrected chi connectivity index (χ1v) is 7.02. The minimum absolute atomic E-state index is 0.357. The third kappa shape index (κ3) is 3.36. The van der Waals surface area contributed by atoms with Gasteiger partial charge < -0.3 is 0 Å². The molecule has 0 heterocycles. The van der Waals surface area contributed by atoms with Gasteiger partial charge in [0, 0.05) is 0 Å². The second-order valence-electron chi connectivity index (χ2n) is 5.21. The molecular formula is C17H22N2. The molecule has 0 fully saturated rings. The molecule has 2 atom stereocenters. The highest BCUT2D eigenvalue weighted by Crippen LogP contribution is 2.31. The molecule has 19 heavy (non-hydrogen) atoms. The van der Waals surface area contributed by atoms with Crippen LogP contribution >= 0.6 is 0 Å². The van der Waals surface area contributed by atoms with Gasteiger partial charge in [0.2, 0.25) is 0 Å². The highest BCUT2D eigenvalue weighted by Gasteiger charge is 2.17. The SMILES string of the molecule is CCC(C)c1cc(CC#N)cc(C(C)CC)c1C#N. The van der Waals surface area contributed by atoms with Gasteiger partial charge in [-0.3, -0.25) is 0 Å². The number of nitriles is 2. The van der Waals surface area contributed by atoms with Gasteiger partial charge in [0.05, 0.1) is 24.1 Å². The Morgan fingerprint density at radius 1 is 1.00 bits per heavy atom. The smallest absolute Gasteiger partial charge is 0.0997 e. The van der Waals surface area contributed by atoms with Crippen LogP contribution in [0.3, 0.4) is 0 Å². The van der Waals surface area contributed by atoms with Crippen molar-refractivity contribution in [3.8, 4) is 12.1 Å². The summed E-state index contributed by atoms with van der Waals surface area (Å²) in [4.78, 5) is 0. The average Bonchev–Trinajstić information content (AvgIpc) is 2.44. The van der Waals surface area contributed by atoms with E-state index in [9.17, 15) is 5.26 Å². The molecule has 100 valence electrons. The summed E-state index contributed by atoms with van der Waals surface area (Å²) in [5.74, 6) is 0.715. The van der Waals surface area contributed by atoms with E-state index in [2.05, 4.69) is 39.8 Å². The van der Waals surface area contributed by atoms with E-state index in [4.69, 9.17) is 5.26 Å². The molecular weight excluding hydrogens is 232 g/mol. The fourth-order valence-electron chi connectivity index (χ4n) is 2.29. The molecule has 0 saturated carbocycles. The van der Waals surface area contributed by atoms with E-state index in [0.29, 0.717) is 18.3 Å². The molecule has 0 bridgehead atoms. The third-order valence-electron chi connectivity index (χ3n) is 3.94. The van der Waals surface area contributed by atoms with Crippen LogP contribution in [0.15, 0.2) is 12.1 Å². The molecule has 0 saturated heterocycles. The Balaban J connectivity index is 3.48. The number of hydrogen-bond donors (Lipinski definition) is 0. The molecule has 0 aromatic heterocycles. The molecule has 0 N–H and O–H groups in total. The molecule has 1 aromatic rings.